The zero-order valence-corrected chi connectivity index (χ0v) is 13.9. The SMILES string of the molecule is CC(C)(C)NC(=O)c1cc(Nc2cccc3cccnc23)ncn1. The van der Waals surface area contributed by atoms with Crippen molar-refractivity contribution in [3.05, 3.63) is 54.6 Å². The number of para-hydroxylation sites is 1. The number of anilines is 2. The summed E-state index contributed by atoms with van der Waals surface area (Å²) in [5.41, 5.74) is 1.67. The molecule has 0 unspecified atom stereocenters. The number of carbonyl (C=O) groups excluding carboxylic acids is 1. The van der Waals surface area contributed by atoms with Gasteiger partial charge >= 0.3 is 0 Å². The lowest BCUT2D eigenvalue weighted by molar-refractivity contribution is 0.0914. The van der Waals surface area contributed by atoms with E-state index in [1.165, 1.54) is 6.33 Å². The molecule has 2 N–H and O–H groups in total. The molecule has 6 heteroatoms. The van der Waals surface area contributed by atoms with E-state index in [-0.39, 0.29) is 11.4 Å². The van der Waals surface area contributed by atoms with E-state index in [2.05, 4.69) is 25.6 Å². The lowest BCUT2D eigenvalue weighted by Crippen LogP contribution is -2.40. The number of rotatable bonds is 3. The van der Waals surface area contributed by atoms with Crippen LogP contribution in [-0.4, -0.2) is 26.4 Å². The van der Waals surface area contributed by atoms with Gasteiger partial charge < -0.3 is 10.6 Å². The molecule has 3 rings (SSSR count). The summed E-state index contributed by atoms with van der Waals surface area (Å²) in [5, 5.41) is 7.13. The Kier molecular flexibility index (Phi) is 4.12. The minimum atomic E-state index is -0.324. The first-order valence-electron chi connectivity index (χ1n) is 7.68. The molecule has 0 fully saturated rings. The highest BCUT2D eigenvalue weighted by atomic mass is 16.2. The third-order valence-electron chi connectivity index (χ3n) is 3.28. The van der Waals surface area contributed by atoms with Crippen LogP contribution < -0.4 is 10.6 Å². The molecule has 2 aromatic heterocycles. The number of carbonyl (C=O) groups is 1. The van der Waals surface area contributed by atoms with E-state index in [4.69, 9.17) is 0 Å². The number of amides is 1. The number of hydrogen-bond acceptors (Lipinski definition) is 5. The molecule has 0 bridgehead atoms. The van der Waals surface area contributed by atoms with Crippen LogP contribution in [-0.2, 0) is 0 Å². The predicted octanol–water partition coefficient (Wildman–Crippen LogP) is 3.30. The van der Waals surface area contributed by atoms with E-state index in [1.807, 2.05) is 51.1 Å². The van der Waals surface area contributed by atoms with Crippen LogP contribution in [0.5, 0.6) is 0 Å². The molecule has 24 heavy (non-hydrogen) atoms. The summed E-state index contributed by atoms with van der Waals surface area (Å²) in [5.74, 6) is 0.311. The second-order valence-electron chi connectivity index (χ2n) is 6.50. The summed E-state index contributed by atoms with van der Waals surface area (Å²) in [7, 11) is 0. The van der Waals surface area contributed by atoms with Crippen molar-refractivity contribution in [2.45, 2.75) is 26.3 Å². The van der Waals surface area contributed by atoms with Gasteiger partial charge in [0.15, 0.2) is 0 Å². The number of nitrogens with one attached hydrogen (secondary N) is 2. The van der Waals surface area contributed by atoms with Crippen LogP contribution in [0.15, 0.2) is 48.9 Å². The Balaban J connectivity index is 1.88. The molecule has 0 spiro atoms. The molecule has 0 radical (unpaired) electrons. The molecule has 1 amide bonds. The molecule has 122 valence electrons. The minimum absolute atomic E-state index is 0.232. The van der Waals surface area contributed by atoms with Gasteiger partial charge in [0.2, 0.25) is 0 Å². The van der Waals surface area contributed by atoms with E-state index in [0.717, 1.165) is 16.6 Å². The average Bonchev–Trinajstić information content (AvgIpc) is 2.54. The summed E-state index contributed by atoms with van der Waals surface area (Å²) < 4.78 is 0. The van der Waals surface area contributed by atoms with Gasteiger partial charge in [-0.05, 0) is 32.9 Å². The summed E-state index contributed by atoms with van der Waals surface area (Å²) in [6, 6.07) is 11.4. The van der Waals surface area contributed by atoms with E-state index in [9.17, 15) is 4.79 Å². The van der Waals surface area contributed by atoms with Crippen LogP contribution in [0.3, 0.4) is 0 Å². The van der Waals surface area contributed by atoms with Crippen LogP contribution in [0.1, 0.15) is 31.3 Å². The van der Waals surface area contributed by atoms with Crippen LogP contribution in [0.4, 0.5) is 11.5 Å². The van der Waals surface area contributed by atoms with Crippen LogP contribution in [0.2, 0.25) is 0 Å². The molecule has 0 saturated heterocycles. The number of pyridine rings is 1. The molecule has 0 aliphatic carbocycles. The van der Waals surface area contributed by atoms with Crippen LogP contribution in [0.25, 0.3) is 10.9 Å². The molecule has 1 aromatic carbocycles. The maximum absolute atomic E-state index is 12.2. The van der Waals surface area contributed by atoms with Crippen molar-refractivity contribution >= 4 is 28.3 Å². The Morgan fingerprint density at radius 3 is 2.62 bits per heavy atom. The molecule has 6 nitrogen and oxygen atoms in total. The van der Waals surface area contributed by atoms with Crippen molar-refractivity contribution in [3.8, 4) is 0 Å². The van der Waals surface area contributed by atoms with Gasteiger partial charge in [-0.2, -0.15) is 0 Å². The maximum atomic E-state index is 12.2. The fourth-order valence-corrected chi connectivity index (χ4v) is 2.30. The van der Waals surface area contributed by atoms with Crippen molar-refractivity contribution in [2.24, 2.45) is 0 Å². The van der Waals surface area contributed by atoms with Gasteiger partial charge in [-0.15, -0.1) is 0 Å². The second kappa shape index (κ2) is 6.23. The van der Waals surface area contributed by atoms with Crippen molar-refractivity contribution in [2.75, 3.05) is 5.32 Å². The van der Waals surface area contributed by atoms with Gasteiger partial charge in [0.05, 0.1) is 11.2 Å². The molecule has 0 aliphatic rings. The van der Waals surface area contributed by atoms with E-state index >= 15 is 0 Å². The largest absolute Gasteiger partial charge is 0.346 e. The van der Waals surface area contributed by atoms with Crippen LogP contribution >= 0.6 is 0 Å². The fraction of sp³-hybridized carbons (Fsp3) is 0.222. The second-order valence-corrected chi connectivity index (χ2v) is 6.50. The van der Waals surface area contributed by atoms with Crippen molar-refractivity contribution in [1.29, 1.82) is 0 Å². The highest BCUT2D eigenvalue weighted by Gasteiger charge is 2.17. The molecular weight excluding hydrogens is 302 g/mol. The number of aromatic nitrogens is 3. The molecule has 2 heterocycles. The molecule has 3 aromatic rings. The minimum Gasteiger partial charge on any atom is -0.346 e. The average molecular weight is 321 g/mol. The smallest absolute Gasteiger partial charge is 0.270 e. The Hall–Kier alpha value is -3.02. The topological polar surface area (TPSA) is 79.8 Å². The molecule has 0 saturated carbocycles. The zero-order valence-electron chi connectivity index (χ0n) is 13.9. The van der Waals surface area contributed by atoms with Gasteiger partial charge in [0.1, 0.15) is 17.8 Å². The zero-order chi connectivity index (χ0) is 17.2. The monoisotopic (exact) mass is 321 g/mol. The van der Waals surface area contributed by atoms with E-state index < -0.39 is 0 Å². The first kappa shape index (κ1) is 15.9. The van der Waals surface area contributed by atoms with E-state index in [1.54, 1.807) is 12.3 Å². The van der Waals surface area contributed by atoms with Gasteiger partial charge in [0.25, 0.3) is 5.91 Å². The lowest BCUT2D eigenvalue weighted by Gasteiger charge is -2.20. The van der Waals surface area contributed by atoms with Crippen LogP contribution in [0, 0.1) is 0 Å². The Labute approximate surface area is 140 Å². The predicted molar refractivity (Wildman–Crippen MR) is 94.3 cm³/mol. The number of hydrogen-bond donors (Lipinski definition) is 2. The van der Waals surface area contributed by atoms with E-state index in [0.29, 0.717) is 11.5 Å². The highest BCUT2D eigenvalue weighted by molar-refractivity contribution is 5.94. The molecule has 0 aliphatic heterocycles. The Bertz CT molecular complexity index is 880. The first-order valence-corrected chi connectivity index (χ1v) is 7.68. The maximum Gasteiger partial charge on any atom is 0.270 e. The standard InChI is InChI=1S/C18H19N5O/c1-18(2,3)23-17(24)14-10-15(21-11-20-14)22-13-8-4-6-12-7-5-9-19-16(12)13/h4-11H,1-3H3,(H,23,24)(H,20,21,22). The number of benzene rings is 1. The highest BCUT2D eigenvalue weighted by Crippen LogP contribution is 2.23. The van der Waals surface area contributed by atoms with Crippen molar-refractivity contribution < 1.29 is 4.79 Å². The normalized spacial score (nSPS) is 11.3. The van der Waals surface area contributed by atoms with Crippen molar-refractivity contribution in [3.63, 3.8) is 0 Å². The van der Waals surface area contributed by atoms with Gasteiger partial charge in [-0.1, -0.05) is 18.2 Å². The fourth-order valence-electron chi connectivity index (χ4n) is 2.30. The lowest BCUT2D eigenvalue weighted by atomic mass is 10.1. The van der Waals surface area contributed by atoms with Gasteiger partial charge in [-0.3, -0.25) is 9.78 Å². The van der Waals surface area contributed by atoms with Gasteiger partial charge in [0, 0.05) is 23.2 Å². The first-order chi connectivity index (χ1) is 11.4. The molecular formula is C18H19N5O. The van der Waals surface area contributed by atoms with Crippen molar-refractivity contribution in [1.82, 2.24) is 20.3 Å². The number of fused-ring (bicyclic) bond motifs is 1. The Morgan fingerprint density at radius 1 is 1.04 bits per heavy atom. The number of nitrogens with zero attached hydrogens (tertiary/aromatic N) is 3. The summed E-state index contributed by atoms with van der Waals surface area (Å²) >= 11 is 0. The third-order valence-corrected chi connectivity index (χ3v) is 3.28. The molecule has 0 atom stereocenters. The summed E-state index contributed by atoms with van der Waals surface area (Å²) in [4.78, 5) is 24.9. The third kappa shape index (κ3) is 3.65. The summed E-state index contributed by atoms with van der Waals surface area (Å²) in [6.07, 6.45) is 3.12. The Morgan fingerprint density at radius 2 is 1.83 bits per heavy atom. The quantitative estimate of drug-likeness (QED) is 0.774. The summed E-state index contributed by atoms with van der Waals surface area (Å²) in [6.45, 7) is 5.77. The van der Waals surface area contributed by atoms with Gasteiger partial charge in [-0.25, -0.2) is 9.97 Å².